The van der Waals surface area contributed by atoms with Crippen molar-refractivity contribution < 1.29 is 9.18 Å². The summed E-state index contributed by atoms with van der Waals surface area (Å²) in [6.07, 6.45) is 0.912. The Morgan fingerprint density at radius 2 is 1.70 bits per heavy atom. The minimum atomic E-state index is -0.260. The molecule has 122 valence electrons. The lowest BCUT2D eigenvalue weighted by Gasteiger charge is -2.28. The van der Waals surface area contributed by atoms with Crippen LogP contribution in [0.1, 0.15) is 30.5 Å². The van der Waals surface area contributed by atoms with E-state index in [1.807, 2.05) is 49.2 Å². The van der Waals surface area contributed by atoms with Gasteiger partial charge in [-0.3, -0.25) is 9.69 Å². The number of amides is 1. The predicted molar refractivity (Wildman–Crippen MR) is 90.6 cm³/mol. The monoisotopic (exact) mass is 314 g/mol. The lowest BCUT2D eigenvalue weighted by molar-refractivity contribution is -0.122. The summed E-state index contributed by atoms with van der Waals surface area (Å²) in [6.45, 7) is 2.99. The average molecular weight is 314 g/mol. The molecule has 2 aromatic carbocycles. The summed E-state index contributed by atoms with van der Waals surface area (Å²) in [5, 5.41) is 2.89. The van der Waals surface area contributed by atoms with Crippen LogP contribution < -0.4 is 5.32 Å². The second-order valence-corrected chi connectivity index (χ2v) is 5.63. The zero-order valence-electron chi connectivity index (χ0n) is 13.6. The van der Waals surface area contributed by atoms with E-state index in [1.54, 1.807) is 12.1 Å². The van der Waals surface area contributed by atoms with Gasteiger partial charge < -0.3 is 5.32 Å². The molecule has 0 bridgehead atoms. The standard InChI is InChI=1S/C19H23FN2O/c1-3-13-21-18(23)14-22(2)19(15-7-5-4-6-8-15)16-9-11-17(20)12-10-16/h4-12,19H,3,13-14H2,1-2H3,(H,21,23). The van der Waals surface area contributed by atoms with Gasteiger partial charge in [-0.2, -0.15) is 0 Å². The van der Waals surface area contributed by atoms with E-state index in [2.05, 4.69) is 5.32 Å². The van der Waals surface area contributed by atoms with E-state index in [1.165, 1.54) is 12.1 Å². The van der Waals surface area contributed by atoms with Gasteiger partial charge in [-0.1, -0.05) is 49.4 Å². The third-order valence-corrected chi connectivity index (χ3v) is 3.71. The van der Waals surface area contributed by atoms with Crippen LogP contribution in [0.2, 0.25) is 0 Å². The van der Waals surface area contributed by atoms with E-state index < -0.39 is 0 Å². The van der Waals surface area contributed by atoms with Gasteiger partial charge in [-0.05, 0) is 36.7 Å². The number of hydrogen-bond acceptors (Lipinski definition) is 2. The first-order chi connectivity index (χ1) is 11.1. The Balaban J connectivity index is 2.23. The number of carbonyl (C=O) groups excluding carboxylic acids is 1. The molecular weight excluding hydrogens is 291 g/mol. The molecule has 1 unspecified atom stereocenters. The maximum Gasteiger partial charge on any atom is 0.234 e. The summed E-state index contributed by atoms with van der Waals surface area (Å²) in [5.74, 6) is -0.263. The van der Waals surface area contributed by atoms with Gasteiger partial charge in [0.2, 0.25) is 5.91 Å². The van der Waals surface area contributed by atoms with Crippen molar-refractivity contribution in [2.24, 2.45) is 0 Å². The highest BCUT2D eigenvalue weighted by Crippen LogP contribution is 2.27. The molecule has 0 aliphatic carbocycles. The zero-order chi connectivity index (χ0) is 16.7. The number of hydrogen-bond donors (Lipinski definition) is 1. The first-order valence-electron chi connectivity index (χ1n) is 7.89. The molecule has 0 aromatic heterocycles. The van der Waals surface area contributed by atoms with E-state index in [-0.39, 0.29) is 24.3 Å². The molecule has 1 atom stereocenters. The van der Waals surface area contributed by atoms with Gasteiger partial charge in [0.15, 0.2) is 0 Å². The minimum Gasteiger partial charge on any atom is -0.355 e. The van der Waals surface area contributed by atoms with Crippen molar-refractivity contribution in [3.8, 4) is 0 Å². The number of halogens is 1. The van der Waals surface area contributed by atoms with Crippen LogP contribution in [0.15, 0.2) is 54.6 Å². The molecule has 1 amide bonds. The van der Waals surface area contributed by atoms with Crippen molar-refractivity contribution in [2.75, 3.05) is 20.1 Å². The van der Waals surface area contributed by atoms with Crippen LogP contribution in [0.25, 0.3) is 0 Å². The molecule has 0 saturated heterocycles. The van der Waals surface area contributed by atoms with E-state index >= 15 is 0 Å². The summed E-state index contributed by atoms with van der Waals surface area (Å²) in [6, 6.07) is 16.3. The van der Waals surface area contributed by atoms with Gasteiger partial charge in [0.25, 0.3) is 0 Å². The fourth-order valence-corrected chi connectivity index (χ4v) is 2.62. The van der Waals surface area contributed by atoms with Crippen molar-refractivity contribution in [1.82, 2.24) is 10.2 Å². The first-order valence-corrected chi connectivity index (χ1v) is 7.89. The summed E-state index contributed by atoms with van der Waals surface area (Å²) < 4.78 is 13.2. The lowest BCUT2D eigenvalue weighted by Crippen LogP contribution is -2.37. The molecule has 2 rings (SSSR count). The molecule has 23 heavy (non-hydrogen) atoms. The van der Waals surface area contributed by atoms with Crippen molar-refractivity contribution >= 4 is 5.91 Å². The third-order valence-electron chi connectivity index (χ3n) is 3.71. The zero-order valence-corrected chi connectivity index (χ0v) is 13.6. The average Bonchev–Trinajstić information content (AvgIpc) is 2.56. The summed E-state index contributed by atoms with van der Waals surface area (Å²) in [5.41, 5.74) is 2.04. The Morgan fingerprint density at radius 3 is 2.30 bits per heavy atom. The number of likely N-dealkylation sites (N-methyl/N-ethyl adjacent to an activating group) is 1. The van der Waals surface area contributed by atoms with Gasteiger partial charge in [0.1, 0.15) is 5.82 Å². The molecule has 4 heteroatoms. The van der Waals surface area contributed by atoms with Crippen molar-refractivity contribution in [3.05, 3.63) is 71.5 Å². The van der Waals surface area contributed by atoms with Crippen LogP contribution in [0.5, 0.6) is 0 Å². The molecule has 0 saturated carbocycles. The van der Waals surface area contributed by atoms with Crippen molar-refractivity contribution in [3.63, 3.8) is 0 Å². The fourth-order valence-electron chi connectivity index (χ4n) is 2.62. The topological polar surface area (TPSA) is 32.3 Å². The number of nitrogens with zero attached hydrogens (tertiary/aromatic N) is 1. The lowest BCUT2D eigenvalue weighted by atomic mass is 9.97. The minimum absolute atomic E-state index is 0.00241. The predicted octanol–water partition coefficient (Wildman–Crippen LogP) is 3.37. The van der Waals surface area contributed by atoms with E-state index in [0.29, 0.717) is 6.54 Å². The summed E-state index contributed by atoms with van der Waals surface area (Å²) >= 11 is 0. The van der Waals surface area contributed by atoms with Crippen LogP contribution in [0.4, 0.5) is 4.39 Å². The molecule has 2 aromatic rings. The normalized spacial score (nSPS) is 12.2. The second-order valence-electron chi connectivity index (χ2n) is 5.63. The summed E-state index contributed by atoms with van der Waals surface area (Å²) in [7, 11) is 1.91. The van der Waals surface area contributed by atoms with Gasteiger partial charge in [0.05, 0.1) is 12.6 Å². The van der Waals surface area contributed by atoms with E-state index in [4.69, 9.17) is 0 Å². The number of benzene rings is 2. The molecule has 1 N–H and O–H groups in total. The van der Waals surface area contributed by atoms with Crippen LogP contribution in [-0.2, 0) is 4.79 Å². The molecule has 3 nitrogen and oxygen atoms in total. The fraction of sp³-hybridized carbons (Fsp3) is 0.316. The van der Waals surface area contributed by atoms with Crippen LogP contribution in [-0.4, -0.2) is 30.9 Å². The number of carbonyl (C=O) groups is 1. The quantitative estimate of drug-likeness (QED) is 0.850. The summed E-state index contributed by atoms with van der Waals surface area (Å²) in [4.78, 5) is 14.0. The highest BCUT2D eigenvalue weighted by molar-refractivity contribution is 5.78. The maximum absolute atomic E-state index is 13.2. The van der Waals surface area contributed by atoms with E-state index in [9.17, 15) is 9.18 Å². The Hall–Kier alpha value is -2.20. The Labute approximate surface area is 137 Å². The van der Waals surface area contributed by atoms with Crippen LogP contribution >= 0.6 is 0 Å². The van der Waals surface area contributed by atoms with Crippen molar-refractivity contribution in [2.45, 2.75) is 19.4 Å². The first kappa shape index (κ1) is 17.2. The highest BCUT2D eigenvalue weighted by atomic mass is 19.1. The molecule has 0 radical (unpaired) electrons. The Morgan fingerprint density at radius 1 is 1.09 bits per heavy atom. The second kappa shape index (κ2) is 8.44. The molecule has 0 heterocycles. The highest BCUT2D eigenvalue weighted by Gasteiger charge is 2.21. The van der Waals surface area contributed by atoms with E-state index in [0.717, 1.165) is 17.5 Å². The van der Waals surface area contributed by atoms with Gasteiger partial charge in [-0.25, -0.2) is 4.39 Å². The third kappa shape index (κ3) is 4.89. The van der Waals surface area contributed by atoms with Gasteiger partial charge in [-0.15, -0.1) is 0 Å². The Bertz CT molecular complexity index is 613. The van der Waals surface area contributed by atoms with Crippen LogP contribution in [0, 0.1) is 5.82 Å². The van der Waals surface area contributed by atoms with Crippen LogP contribution in [0.3, 0.4) is 0 Å². The molecule has 0 aliphatic heterocycles. The molecule has 0 spiro atoms. The maximum atomic E-state index is 13.2. The number of rotatable bonds is 7. The van der Waals surface area contributed by atoms with Crippen molar-refractivity contribution in [1.29, 1.82) is 0 Å². The molecule has 0 fully saturated rings. The SMILES string of the molecule is CCCNC(=O)CN(C)C(c1ccccc1)c1ccc(F)cc1. The van der Waals surface area contributed by atoms with Gasteiger partial charge in [0, 0.05) is 6.54 Å². The Kier molecular flexibility index (Phi) is 6.29. The smallest absolute Gasteiger partial charge is 0.234 e. The number of nitrogens with one attached hydrogen (secondary N) is 1. The van der Waals surface area contributed by atoms with Gasteiger partial charge >= 0.3 is 0 Å². The largest absolute Gasteiger partial charge is 0.355 e. The molecule has 0 aliphatic rings. The molecular formula is C19H23FN2O.